The Balaban J connectivity index is 1.93. The number of carbonyl (C=O) groups excluding carboxylic acids is 2. The topological polar surface area (TPSA) is 61.4 Å². The molecule has 0 bridgehead atoms. The van der Waals surface area contributed by atoms with Gasteiger partial charge in [-0.05, 0) is 50.6 Å². The summed E-state index contributed by atoms with van der Waals surface area (Å²) >= 11 is 0. The summed E-state index contributed by atoms with van der Waals surface area (Å²) in [7, 11) is 0. The zero-order valence-corrected chi connectivity index (χ0v) is 14.4. The van der Waals surface area contributed by atoms with E-state index >= 15 is 0 Å². The first kappa shape index (κ1) is 17.5. The van der Waals surface area contributed by atoms with Crippen LogP contribution in [0.15, 0.2) is 24.3 Å². The lowest BCUT2D eigenvalue weighted by atomic mass is 9.88. The number of anilines is 1. The number of hydrogen-bond acceptors (Lipinski definition) is 3. The van der Waals surface area contributed by atoms with Crippen molar-refractivity contribution in [2.24, 2.45) is 11.8 Å². The molecule has 0 aliphatic carbocycles. The van der Waals surface area contributed by atoms with E-state index in [0.717, 1.165) is 24.3 Å². The number of hydrogen-bond donors (Lipinski definition) is 2. The van der Waals surface area contributed by atoms with Crippen LogP contribution in [0.2, 0.25) is 0 Å². The lowest BCUT2D eigenvalue weighted by Crippen LogP contribution is -2.48. The first-order chi connectivity index (χ1) is 10.9. The quantitative estimate of drug-likeness (QED) is 0.846. The highest BCUT2D eigenvalue weighted by Gasteiger charge is 2.28. The van der Waals surface area contributed by atoms with Crippen LogP contribution in [-0.2, 0) is 16.1 Å². The summed E-state index contributed by atoms with van der Waals surface area (Å²) in [5.74, 6) is 0.589. The fraction of sp³-hybridized carbons (Fsp3) is 0.556. The van der Waals surface area contributed by atoms with Crippen molar-refractivity contribution in [3.63, 3.8) is 0 Å². The van der Waals surface area contributed by atoms with E-state index in [0.29, 0.717) is 12.5 Å². The molecule has 1 heterocycles. The molecule has 1 fully saturated rings. The van der Waals surface area contributed by atoms with E-state index in [4.69, 9.17) is 0 Å². The Labute approximate surface area is 138 Å². The Morgan fingerprint density at radius 2 is 1.83 bits per heavy atom. The summed E-state index contributed by atoms with van der Waals surface area (Å²) in [4.78, 5) is 25.7. The van der Waals surface area contributed by atoms with Gasteiger partial charge in [0.05, 0.1) is 0 Å². The molecule has 0 spiro atoms. The molecular formula is C18H27N3O2. The average Bonchev–Trinajstić information content (AvgIpc) is 2.43. The van der Waals surface area contributed by atoms with Crippen molar-refractivity contribution in [1.82, 2.24) is 10.2 Å². The molecule has 0 radical (unpaired) electrons. The molecule has 23 heavy (non-hydrogen) atoms. The summed E-state index contributed by atoms with van der Waals surface area (Å²) in [5.41, 5.74) is 1.86. The van der Waals surface area contributed by atoms with E-state index < -0.39 is 0 Å². The lowest BCUT2D eigenvalue weighted by molar-refractivity contribution is -0.131. The van der Waals surface area contributed by atoms with Gasteiger partial charge in [-0.3, -0.25) is 9.59 Å². The van der Waals surface area contributed by atoms with Crippen molar-refractivity contribution in [2.75, 3.05) is 18.4 Å². The summed E-state index contributed by atoms with van der Waals surface area (Å²) in [6.45, 7) is 10.0. The van der Waals surface area contributed by atoms with Crippen molar-refractivity contribution in [3.05, 3.63) is 29.8 Å². The minimum atomic E-state index is 0.0186. The number of carbonyl (C=O) groups is 2. The summed E-state index contributed by atoms with van der Waals surface area (Å²) in [5, 5.41) is 6.16. The fourth-order valence-electron chi connectivity index (χ4n) is 2.68. The third-order valence-electron chi connectivity index (χ3n) is 4.54. The fourth-order valence-corrected chi connectivity index (χ4v) is 2.68. The Hall–Kier alpha value is -1.88. The maximum absolute atomic E-state index is 12.2. The van der Waals surface area contributed by atoms with Crippen molar-refractivity contribution >= 4 is 17.5 Å². The van der Waals surface area contributed by atoms with E-state index in [1.54, 1.807) is 6.92 Å². The van der Waals surface area contributed by atoms with Gasteiger partial charge < -0.3 is 15.5 Å². The molecule has 1 aromatic rings. The first-order valence-electron chi connectivity index (χ1n) is 8.26. The number of nitrogens with one attached hydrogen (secondary N) is 2. The second-order valence-corrected chi connectivity index (χ2v) is 6.63. The van der Waals surface area contributed by atoms with Crippen LogP contribution in [0.25, 0.3) is 0 Å². The van der Waals surface area contributed by atoms with Crippen molar-refractivity contribution < 1.29 is 9.59 Å². The Bertz CT molecular complexity index is 550. The molecule has 1 aromatic carbocycles. The van der Waals surface area contributed by atoms with Gasteiger partial charge in [-0.25, -0.2) is 0 Å². The molecule has 5 heteroatoms. The van der Waals surface area contributed by atoms with Gasteiger partial charge in [-0.1, -0.05) is 19.1 Å². The van der Waals surface area contributed by atoms with Gasteiger partial charge in [0.15, 0.2) is 0 Å². The summed E-state index contributed by atoms with van der Waals surface area (Å²) in [6.07, 6.45) is 0. The van der Waals surface area contributed by atoms with Crippen LogP contribution >= 0.6 is 0 Å². The highest BCUT2D eigenvalue weighted by Crippen LogP contribution is 2.19. The van der Waals surface area contributed by atoms with Crippen LogP contribution in [0.5, 0.6) is 0 Å². The molecule has 0 saturated carbocycles. The monoisotopic (exact) mass is 317 g/mol. The second-order valence-electron chi connectivity index (χ2n) is 6.63. The van der Waals surface area contributed by atoms with Gasteiger partial charge in [0.25, 0.3) is 0 Å². The van der Waals surface area contributed by atoms with E-state index in [9.17, 15) is 9.59 Å². The van der Waals surface area contributed by atoms with Gasteiger partial charge in [0.1, 0.15) is 0 Å². The number of benzene rings is 1. The molecule has 1 atom stereocenters. The minimum Gasteiger partial charge on any atom is -0.336 e. The van der Waals surface area contributed by atoms with Crippen LogP contribution in [0.4, 0.5) is 5.69 Å². The smallest absolute Gasteiger partial charge is 0.227 e. The first-order valence-corrected chi connectivity index (χ1v) is 8.26. The van der Waals surface area contributed by atoms with Gasteiger partial charge in [0, 0.05) is 31.1 Å². The maximum Gasteiger partial charge on any atom is 0.227 e. The third kappa shape index (κ3) is 4.55. The second kappa shape index (κ2) is 7.59. The Morgan fingerprint density at radius 1 is 1.22 bits per heavy atom. The predicted octanol–water partition coefficient (Wildman–Crippen LogP) is 2.24. The van der Waals surface area contributed by atoms with E-state index in [-0.39, 0.29) is 23.8 Å². The zero-order chi connectivity index (χ0) is 17.0. The highest BCUT2D eigenvalue weighted by atomic mass is 16.2. The molecule has 0 aromatic heterocycles. The number of nitrogens with zero attached hydrogens (tertiary/aromatic N) is 1. The predicted molar refractivity (Wildman–Crippen MR) is 92.0 cm³/mol. The van der Waals surface area contributed by atoms with Gasteiger partial charge >= 0.3 is 0 Å². The van der Waals surface area contributed by atoms with Crippen LogP contribution in [0.1, 0.15) is 33.3 Å². The van der Waals surface area contributed by atoms with E-state index in [1.807, 2.05) is 49.9 Å². The van der Waals surface area contributed by atoms with E-state index in [2.05, 4.69) is 10.6 Å². The minimum absolute atomic E-state index is 0.0186. The van der Waals surface area contributed by atoms with Crippen LogP contribution in [0.3, 0.4) is 0 Å². The van der Waals surface area contributed by atoms with Crippen molar-refractivity contribution in [1.29, 1.82) is 0 Å². The molecule has 1 unspecified atom stereocenters. The van der Waals surface area contributed by atoms with E-state index in [1.165, 1.54) is 0 Å². The molecule has 2 amide bonds. The molecule has 1 aliphatic heterocycles. The average molecular weight is 317 g/mol. The molecule has 126 valence electrons. The maximum atomic E-state index is 12.2. The summed E-state index contributed by atoms with van der Waals surface area (Å²) in [6, 6.07) is 7.89. The lowest BCUT2D eigenvalue weighted by Gasteiger charge is -2.31. The van der Waals surface area contributed by atoms with Crippen LogP contribution in [0, 0.1) is 11.8 Å². The van der Waals surface area contributed by atoms with Crippen molar-refractivity contribution in [3.8, 4) is 0 Å². The van der Waals surface area contributed by atoms with Crippen LogP contribution in [-0.4, -0.2) is 35.8 Å². The largest absolute Gasteiger partial charge is 0.336 e. The van der Waals surface area contributed by atoms with Gasteiger partial charge in [-0.2, -0.15) is 0 Å². The number of rotatable bonds is 6. The molecule has 1 aliphatic rings. The summed E-state index contributed by atoms with van der Waals surface area (Å²) < 4.78 is 0. The SMILES string of the molecule is CC(=O)N(Cc1ccc(NC(=O)C(C)C2CNC2)cc1)C(C)C. The van der Waals surface area contributed by atoms with Gasteiger partial charge in [-0.15, -0.1) is 0 Å². The normalized spacial score (nSPS) is 15.9. The Kier molecular flexibility index (Phi) is 5.77. The molecule has 5 nitrogen and oxygen atoms in total. The van der Waals surface area contributed by atoms with Gasteiger partial charge in [0.2, 0.25) is 11.8 Å². The molecule has 2 rings (SSSR count). The third-order valence-corrected chi connectivity index (χ3v) is 4.54. The molecule has 1 saturated heterocycles. The standard InChI is InChI=1S/C18H27N3O2/c1-12(2)21(14(4)22)11-15-5-7-17(8-6-15)20-18(23)13(3)16-9-19-10-16/h5-8,12-13,16,19H,9-11H2,1-4H3,(H,20,23). The zero-order valence-electron chi connectivity index (χ0n) is 14.4. The molecular weight excluding hydrogens is 290 g/mol. The van der Waals surface area contributed by atoms with Crippen LogP contribution < -0.4 is 10.6 Å². The van der Waals surface area contributed by atoms with Crippen molar-refractivity contribution in [2.45, 2.75) is 40.3 Å². The number of amides is 2. The Morgan fingerprint density at radius 3 is 2.26 bits per heavy atom. The highest BCUT2D eigenvalue weighted by molar-refractivity contribution is 5.92. The molecule has 2 N–H and O–H groups in total.